The van der Waals surface area contributed by atoms with Gasteiger partial charge in [-0.3, -0.25) is 38.6 Å². The Kier molecular flexibility index (Phi) is 27.5. The van der Waals surface area contributed by atoms with Crippen LogP contribution in [0.2, 0.25) is 0 Å². The Labute approximate surface area is 629 Å². The molecule has 0 aliphatic carbocycles. The zero-order valence-electron chi connectivity index (χ0n) is 62.2. The van der Waals surface area contributed by atoms with E-state index in [0.717, 1.165) is 78.5 Å². The van der Waals surface area contributed by atoms with E-state index in [9.17, 15) is 37.1 Å². The van der Waals surface area contributed by atoms with E-state index in [2.05, 4.69) is 64.6 Å². The van der Waals surface area contributed by atoms with Crippen LogP contribution in [-0.2, 0) is 24.4 Å². The van der Waals surface area contributed by atoms with E-state index in [4.69, 9.17) is 27.8 Å². The number of carboxylic acids is 1. The van der Waals surface area contributed by atoms with Gasteiger partial charge in [0.05, 0.1) is 50.4 Å². The Morgan fingerprint density at radius 2 is 0.951 bits per heavy atom. The summed E-state index contributed by atoms with van der Waals surface area (Å²) in [6, 6.07) is 35.5. The van der Waals surface area contributed by atoms with Crippen molar-refractivity contribution in [3.05, 3.63) is 196 Å². The predicted molar refractivity (Wildman–Crippen MR) is 395 cm³/mol. The predicted octanol–water partition coefficient (Wildman–Crippen LogP) is 11.2. The van der Waals surface area contributed by atoms with Crippen LogP contribution in [0.15, 0.2) is 140 Å². The number of aromatic carboxylic acids is 1. The summed E-state index contributed by atoms with van der Waals surface area (Å²) in [6.07, 6.45) is 6.84. The summed E-state index contributed by atoms with van der Waals surface area (Å²) in [6.45, 7) is 27.6. The Bertz CT molecular complexity index is 4380. The molecule has 3 aromatic heterocycles. The number of piperazine rings is 3. The Hall–Kier alpha value is -8.56. The molecule has 0 spiro atoms. The van der Waals surface area contributed by atoms with E-state index in [0.29, 0.717) is 119 Å². The van der Waals surface area contributed by atoms with Gasteiger partial charge in [0, 0.05) is 203 Å². The number of hydrogen-bond donors (Lipinski definition) is 5. The number of ether oxygens (including phenoxy) is 3. The van der Waals surface area contributed by atoms with Crippen LogP contribution in [0.3, 0.4) is 0 Å². The van der Waals surface area contributed by atoms with Crippen molar-refractivity contribution < 1.29 is 87.6 Å². The molecule has 6 atom stereocenters. The second-order valence-corrected chi connectivity index (χ2v) is 26.7. The molecule has 9 aromatic rings. The molecule has 13 rings (SSSR count). The zero-order valence-corrected chi connectivity index (χ0v) is 64.4. The summed E-state index contributed by atoms with van der Waals surface area (Å²) in [5, 5.41) is 14.8. The number of nitrogen functional groups attached to an aromatic ring is 1. The number of benzene rings is 6. The molecule has 4 saturated heterocycles. The molecule has 103 heavy (non-hydrogen) atoms. The van der Waals surface area contributed by atoms with Gasteiger partial charge in [0.15, 0.2) is 0 Å². The zero-order chi connectivity index (χ0) is 74.9. The fraction of sp³-hybridized carbons (Fsp3) is 0.397. The number of nitrogens with two attached hydrogens (primary N) is 1. The maximum atomic E-state index is 14.0. The van der Waals surface area contributed by atoms with Crippen molar-refractivity contribution in [3.63, 3.8) is 0 Å². The first-order valence-electron chi connectivity index (χ1n) is 36.1. The number of carbonyl (C=O) groups is 5. The average Bonchev–Trinajstić information content (AvgIpc) is 1.66. The van der Waals surface area contributed by atoms with Gasteiger partial charge < -0.3 is 55.1 Å². The summed E-state index contributed by atoms with van der Waals surface area (Å²) in [4.78, 5) is 83.2. The number of amides is 3. The van der Waals surface area contributed by atoms with Gasteiger partial charge in [-0.2, -0.15) is 0 Å². The summed E-state index contributed by atoms with van der Waals surface area (Å²) in [7, 11) is 0.500. The van der Waals surface area contributed by atoms with Crippen molar-refractivity contribution in [2.45, 2.75) is 131 Å². The monoisotopic (exact) mass is 1640 g/mol. The molecule has 20 nitrogen and oxygen atoms in total. The molecule has 4 aliphatic heterocycles. The average molecular weight is 1640 g/mol. The van der Waals surface area contributed by atoms with Crippen LogP contribution >= 0.6 is 0 Å². The van der Waals surface area contributed by atoms with E-state index >= 15 is 0 Å². The quantitative estimate of drug-likeness (QED) is 0.0247. The fourth-order valence-electron chi connectivity index (χ4n) is 13.6. The second kappa shape index (κ2) is 36.7. The van der Waals surface area contributed by atoms with Gasteiger partial charge in [-0.05, 0) is 161 Å². The van der Waals surface area contributed by atoms with Gasteiger partial charge >= 0.3 is 5.97 Å². The SMILES string of the molecule is CCOc1cc2[nH]ccc2cc1C(=O)N1C[C@H](C)N(Cc2ccc(F)cc2)C[C@H]1C.CCOc1cc2[nH]ccc2cc1C(=O)O.CCOc1cc2c(cc1C(=O)N1C[C@H](C)N(Cc3ccc(F)cc3)C[C@H]1C)c(C(=O)C(=O)N1CCCC1)cn2N.C[C@@H]1CN(Cc2ccc(F)cc2)[C@@H](C)CN1.[3H][B][3H].[U]. The van der Waals surface area contributed by atoms with Crippen LogP contribution in [-0.4, -0.2) is 198 Å². The minimum absolute atomic E-state index is 0. The van der Waals surface area contributed by atoms with Gasteiger partial charge in [-0.25, -0.2) is 18.0 Å². The number of fused-ring (bicyclic) bond motifs is 3. The number of nitrogens with zero attached hydrogens (tertiary/aromatic N) is 7. The summed E-state index contributed by atoms with van der Waals surface area (Å²) in [5.74, 6) is 4.58. The molecule has 6 N–H and O–H groups in total. The van der Waals surface area contributed by atoms with Crippen LogP contribution in [0.5, 0.6) is 17.2 Å². The van der Waals surface area contributed by atoms with Gasteiger partial charge in [0.25, 0.3) is 23.5 Å². The minimum Gasteiger partial charge on any atom is -0.493 e. The molecule has 4 aliphatic rings. The Balaban J connectivity index is 0.000000187. The van der Waals surface area contributed by atoms with Crippen LogP contribution in [0.4, 0.5) is 13.2 Å². The van der Waals surface area contributed by atoms with Crippen molar-refractivity contribution in [3.8, 4) is 17.2 Å². The molecule has 545 valence electrons. The molecule has 0 saturated carbocycles. The minimum atomic E-state index is -0.971. The van der Waals surface area contributed by atoms with Crippen molar-refractivity contribution in [1.29, 1.82) is 2.67 Å². The van der Waals surface area contributed by atoms with Crippen molar-refractivity contribution in [2.24, 2.45) is 0 Å². The van der Waals surface area contributed by atoms with E-state index in [-0.39, 0.29) is 95.7 Å². The molecule has 0 unspecified atom stereocenters. The largest absolute Gasteiger partial charge is 0.493 e. The number of aromatic nitrogens is 3. The summed E-state index contributed by atoms with van der Waals surface area (Å²) in [5.41, 5.74) is 6.92. The second-order valence-electron chi connectivity index (χ2n) is 26.7. The maximum Gasteiger partial charge on any atom is 0.339 e. The number of H-pyrrole nitrogens is 2. The van der Waals surface area contributed by atoms with Crippen LogP contribution in [0.1, 0.15) is 133 Å². The molecule has 3 amide bonds. The number of nitrogens with one attached hydrogen (secondary N) is 3. The molecular weight excluding hydrogens is 1540 g/mol. The first-order valence-corrected chi connectivity index (χ1v) is 34.9. The van der Waals surface area contributed by atoms with E-state index in [1.807, 2.05) is 92.2 Å². The standard InChI is InChI=1S/C30H36FN5O4.C24H28FN3O2.C13H19FN2.C11H11NO3.BH2.U/c1-4-40-27-14-26-23(25(18-36(26)32)28(37)30(39)33-11-5-6-12-33)13-24(27)29(38)35-16-19(2)34(15-20(35)3)17-21-7-9-22(31)10-8-21;1-4-30-23-12-22-19(9-10-26-22)11-21(23)24(29)28-14-16(2)27(13-17(28)3)15-18-5-7-20(25)8-6-18;1-10-8-16(11(2)7-15-10)9-12-3-5-13(14)6-4-12;1-2-15-10-6-9-7(3-4-12-9)5-8(10)11(13)14;;/h7-10,13-14,18-20H,4-6,11-12,15-17,32H2,1-3H3;5-12,16-17,26H,4,13-15H2,1-3H3;3-6,10-11,15H,7-9H2,1-2H3;3-6,12H,2H2,1H3,(H,13,14);1H2;/t19-,20+;16-,17+;10-,11+;;;/m001.../s1/i;;;;1T2;. The topological polar surface area (TPSA) is 227 Å². The fourth-order valence-corrected chi connectivity index (χ4v) is 13.6. The molecular formula is C78H96BF3N11O9U. The van der Waals surface area contributed by atoms with E-state index in [1.165, 1.54) is 52.8 Å². The van der Waals surface area contributed by atoms with Gasteiger partial charge in [0.2, 0.25) is 0 Å². The maximum absolute atomic E-state index is 14.0. The number of carbonyl (C=O) groups excluding carboxylic acids is 4. The van der Waals surface area contributed by atoms with Gasteiger partial charge in [0.1, 0.15) is 40.3 Å². The number of likely N-dealkylation sites (tertiary alicyclic amines) is 1. The molecule has 25 heteroatoms. The Morgan fingerprint density at radius 1 is 0.544 bits per heavy atom. The van der Waals surface area contributed by atoms with Crippen LogP contribution in [0, 0.1) is 48.6 Å². The number of ketones is 1. The van der Waals surface area contributed by atoms with Crippen molar-refractivity contribution in [1.82, 2.24) is 49.4 Å². The molecule has 4 fully saturated rings. The third-order valence-corrected chi connectivity index (χ3v) is 19.2. The Morgan fingerprint density at radius 3 is 1.39 bits per heavy atom. The first kappa shape index (κ1) is 77.1. The van der Waals surface area contributed by atoms with Gasteiger partial charge in [-0.15, -0.1) is 0 Å². The molecule has 1 radical (unpaired) electrons. The smallest absolute Gasteiger partial charge is 0.339 e. The van der Waals surface area contributed by atoms with Crippen LogP contribution in [0.25, 0.3) is 32.7 Å². The number of hydrogen-bond acceptors (Lipinski definition) is 13. The normalized spacial score (nSPS) is 19.4. The third-order valence-electron chi connectivity index (χ3n) is 19.2. The molecule has 6 aromatic carbocycles. The van der Waals surface area contributed by atoms with Crippen molar-refractivity contribution >= 4 is 70.5 Å². The first-order chi connectivity index (χ1) is 49.9. The number of aromatic amines is 2. The number of rotatable bonds is 17. The number of Topliss-reactive ketones (excluding diaryl/α,β-unsaturated/α-hetero) is 1. The number of halogens is 3. The molecule has 7 heterocycles. The number of carboxylic acid groups (broad SMARTS) is 1. The van der Waals surface area contributed by atoms with E-state index in [1.54, 1.807) is 47.5 Å². The van der Waals surface area contributed by atoms with Crippen molar-refractivity contribution in [2.75, 3.05) is 78.0 Å². The summed E-state index contributed by atoms with van der Waals surface area (Å²) < 4.78 is 69.1. The molecule has 0 bridgehead atoms. The van der Waals surface area contributed by atoms with Crippen LogP contribution < -0.4 is 25.4 Å². The third kappa shape index (κ3) is 19.8. The summed E-state index contributed by atoms with van der Waals surface area (Å²) >= 11 is 0. The van der Waals surface area contributed by atoms with E-state index < -0.39 is 17.7 Å². The van der Waals surface area contributed by atoms with Gasteiger partial charge in [-0.1, -0.05) is 36.4 Å².